The Hall–Kier alpha value is -1.87. The molecule has 106 valence electrons. The van der Waals surface area contributed by atoms with Crippen molar-refractivity contribution in [1.29, 1.82) is 0 Å². The molecule has 0 heterocycles. The van der Waals surface area contributed by atoms with E-state index in [1.807, 2.05) is 25.1 Å². The highest BCUT2D eigenvalue weighted by atomic mass is 19.1. The van der Waals surface area contributed by atoms with Crippen LogP contribution in [0.2, 0.25) is 0 Å². The Labute approximate surface area is 119 Å². The van der Waals surface area contributed by atoms with Gasteiger partial charge in [0.25, 0.3) is 0 Å². The monoisotopic (exact) mass is 273 g/mol. The zero-order valence-corrected chi connectivity index (χ0v) is 12.1. The number of rotatable bonds is 5. The Balaban J connectivity index is 2.10. The van der Waals surface area contributed by atoms with E-state index in [4.69, 9.17) is 4.74 Å². The SMILES string of the molecule is COc1ccc(C(C)N[C@H](C)c2ccccc2)c(F)c1. The van der Waals surface area contributed by atoms with Crippen molar-refractivity contribution in [3.8, 4) is 5.75 Å². The molecule has 2 rings (SSSR count). The van der Waals surface area contributed by atoms with Crippen LogP contribution in [0.25, 0.3) is 0 Å². The third-order valence-electron chi connectivity index (χ3n) is 3.47. The Bertz CT molecular complexity index is 556. The summed E-state index contributed by atoms with van der Waals surface area (Å²) in [6.45, 7) is 4.04. The molecule has 0 fully saturated rings. The van der Waals surface area contributed by atoms with Crippen molar-refractivity contribution >= 4 is 0 Å². The molecule has 0 saturated heterocycles. The molecule has 3 heteroatoms. The summed E-state index contributed by atoms with van der Waals surface area (Å²) in [7, 11) is 1.54. The van der Waals surface area contributed by atoms with E-state index >= 15 is 0 Å². The van der Waals surface area contributed by atoms with Crippen molar-refractivity contribution in [3.05, 3.63) is 65.5 Å². The lowest BCUT2D eigenvalue weighted by atomic mass is 10.0. The zero-order valence-electron chi connectivity index (χ0n) is 12.1. The van der Waals surface area contributed by atoms with Crippen LogP contribution in [0.3, 0.4) is 0 Å². The van der Waals surface area contributed by atoms with Crippen LogP contribution in [0.4, 0.5) is 4.39 Å². The molecule has 2 aromatic rings. The average Bonchev–Trinajstić information content (AvgIpc) is 2.47. The van der Waals surface area contributed by atoms with Gasteiger partial charge in [0, 0.05) is 23.7 Å². The first-order valence-electron chi connectivity index (χ1n) is 6.76. The minimum absolute atomic E-state index is 0.0730. The molecule has 20 heavy (non-hydrogen) atoms. The predicted octanol–water partition coefficient (Wildman–Crippen LogP) is 4.25. The highest BCUT2D eigenvalue weighted by Crippen LogP contribution is 2.24. The molecule has 0 aromatic heterocycles. The van der Waals surface area contributed by atoms with Crippen LogP contribution in [0.1, 0.15) is 37.1 Å². The molecule has 0 amide bonds. The summed E-state index contributed by atoms with van der Waals surface area (Å²) in [6, 6.07) is 15.2. The molecule has 0 saturated carbocycles. The van der Waals surface area contributed by atoms with Gasteiger partial charge >= 0.3 is 0 Å². The van der Waals surface area contributed by atoms with Crippen molar-refractivity contribution in [2.45, 2.75) is 25.9 Å². The highest BCUT2D eigenvalue weighted by molar-refractivity contribution is 5.31. The van der Waals surface area contributed by atoms with Crippen LogP contribution in [0.5, 0.6) is 5.75 Å². The van der Waals surface area contributed by atoms with E-state index in [9.17, 15) is 4.39 Å². The van der Waals surface area contributed by atoms with Gasteiger partial charge in [-0.3, -0.25) is 0 Å². The van der Waals surface area contributed by atoms with Gasteiger partial charge in [-0.05, 0) is 25.5 Å². The fraction of sp³-hybridized carbons (Fsp3) is 0.294. The molecule has 0 aliphatic heterocycles. The van der Waals surface area contributed by atoms with Gasteiger partial charge in [-0.25, -0.2) is 4.39 Å². The Morgan fingerprint density at radius 2 is 1.70 bits per heavy atom. The van der Waals surface area contributed by atoms with Gasteiger partial charge in [-0.2, -0.15) is 0 Å². The first kappa shape index (κ1) is 14.5. The largest absolute Gasteiger partial charge is 0.497 e. The topological polar surface area (TPSA) is 21.3 Å². The lowest BCUT2D eigenvalue weighted by Gasteiger charge is -2.21. The van der Waals surface area contributed by atoms with E-state index in [2.05, 4.69) is 24.4 Å². The second-order valence-electron chi connectivity index (χ2n) is 4.91. The van der Waals surface area contributed by atoms with E-state index in [0.29, 0.717) is 11.3 Å². The summed E-state index contributed by atoms with van der Waals surface area (Å²) in [4.78, 5) is 0. The van der Waals surface area contributed by atoms with Crippen LogP contribution in [-0.2, 0) is 0 Å². The maximum Gasteiger partial charge on any atom is 0.131 e. The number of hydrogen-bond donors (Lipinski definition) is 1. The molecular formula is C17H20FNO. The summed E-state index contributed by atoms with van der Waals surface area (Å²) >= 11 is 0. The summed E-state index contributed by atoms with van der Waals surface area (Å²) in [5.74, 6) is 0.291. The van der Waals surface area contributed by atoms with Crippen molar-refractivity contribution in [1.82, 2.24) is 5.32 Å². The van der Waals surface area contributed by atoms with Crippen molar-refractivity contribution in [3.63, 3.8) is 0 Å². The van der Waals surface area contributed by atoms with Crippen LogP contribution < -0.4 is 10.1 Å². The van der Waals surface area contributed by atoms with E-state index in [1.54, 1.807) is 12.1 Å². The fourth-order valence-electron chi connectivity index (χ4n) is 2.29. The van der Waals surface area contributed by atoms with E-state index in [-0.39, 0.29) is 17.9 Å². The van der Waals surface area contributed by atoms with Crippen LogP contribution in [0.15, 0.2) is 48.5 Å². The quantitative estimate of drug-likeness (QED) is 0.879. The van der Waals surface area contributed by atoms with Crippen LogP contribution in [0, 0.1) is 5.82 Å². The maximum atomic E-state index is 14.0. The molecule has 2 atom stereocenters. The fourth-order valence-corrected chi connectivity index (χ4v) is 2.29. The number of hydrogen-bond acceptors (Lipinski definition) is 2. The van der Waals surface area contributed by atoms with Crippen LogP contribution >= 0.6 is 0 Å². The molecule has 1 N–H and O–H groups in total. The molecule has 0 aliphatic carbocycles. The normalized spacial score (nSPS) is 13.8. The Morgan fingerprint density at radius 3 is 2.30 bits per heavy atom. The van der Waals surface area contributed by atoms with Gasteiger partial charge < -0.3 is 10.1 Å². The van der Waals surface area contributed by atoms with Gasteiger partial charge in [0.1, 0.15) is 11.6 Å². The third-order valence-corrected chi connectivity index (χ3v) is 3.47. The van der Waals surface area contributed by atoms with Crippen molar-refractivity contribution in [2.75, 3.05) is 7.11 Å². The minimum Gasteiger partial charge on any atom is -0.497 e. The van der Waals surface area contributed by atoms with Gasteiger partial charge in [0.2, 0.25) is 0 Å². The van der Waals surface area contributed by atoms with Crippen molar-refractivity contribution in [2.24, 2.45) is 0 Å². The molecule has 0 bridgehead atoms. The van der Waals surface area contributed by atoms with E-state index in [0.717, 1.165) is 0 Å². The van der Waals surface area contributed by atoms with Crippen molar-refractivity contribution < 1.29 is 9.13 Å². The zero-order chi connectivity index (χ0) is 14.5. The molecule has 0 spiro atoms. The summed E-state index contributed by atoms with van der Waals surface area (Å²) in [6.07, 6.45) is 0. The Kier molecular flexibility index (Phi) is 4.74. The summed E-state index contributed by atoms with van der Waals surface area (Å²) in [5, 5.41) is 3.41. The van der Waals surface area contributed by atoms with E-state index in [1.165, 1.54) is 18.7 Å². The lowest BCUT2D eigenvalue weighted by Crippen LogP contribution is -2.23. The predicted molar refractivity (Wildman–Crippen MR) is 79.4 cm³/mol. The second kappa shape index (κ2) is 6.53. The number of ether oxygens (including phenoxy) is 1. The smallest absolute Gasteiger partial charge is 0.131 e. The Morgan fingerprint density at radius 1 is 1.00 bits per heavy atom. The lowest BCUT2D eigenvalue weighted by molar-refractivity contribution is 0.408. The molecule has 2 nitrogen and oxygen atoms in total. The number of benzene rings is 2. The number of nitrogens with one attached hydrogen (secondary N) is 1. The van der Waals surface area contributed by atoms with Gasteiger partial charge in [-0.1, -0.05) is 36.4 Å². The molecule has 0 radical (unpaired) electrons. The average molecular weight is 273 g/mol. The maximum absolute atomic E-state index is 14.0. The molecular weight excluding hydrogens is 253 g/mol. The van der Waals surface area contributed by atoms with E-state index < -0.39 is 0 Å². The number of halogens is 1. The second-order valence-corrected chi connectivity index (χ2v) is 4.91. The molecule has 1 unspecified atom stereocenters. The summed E-state index contributed by atoms with van der Waals surface area (Å²) in [5.41, 5.74) is 1.84. The van der Waals surface area contributed by atoms with Crippen LogP contribution in [-0.4, -0.2) is 7.11 Å². The molecule has 0 aliphatic rings. The first-order chi connectivity index (χ1) is 9.61. The van der Waals surface area contributed by atoms with Gasteiger partial charge in [0.05, 0.1) is 7.11 Å². The minimum atomic E-state index is -0.246. The first-order valence-corrected chi connectivity index (χ1v) is 6.76. The number of methoxy groups -OCH3 is 1. The summed E-state index contributed by atoms with van der Waals surface area (Å²) < 4.78 is 19.0. The highest BCUT2D eigenvalue weighted by Gasteiger charge is 2.14. The van der Waals surface area contributed by atoms with Gasteiger partial charge in [-0.15, -0.1) is 0 Å². The van der Waals surface area contributed by atoms with Gasteiger partial charge in [0.15, 0.2) is 0 Å². The third kappa shape index (κ3) is 3.36. The molecule has 2 aromatic carbocycles. The standard InChI is InChI=1S/C17H20FNO/c1-12(14-7-5-4-6-8-14)19-13(2)16-10-9-15(20-3)11-17(16)18/h4-13,19H,1-3H3/t12-,13?/m1/s1.